The Morgan fingerprint density at radius 2 is 2.00 bits per heavy atom. The topological polar surface area (TPSA) is 58.2 Å². The molecule has 4 heteroatoms. The molecule has 1 aromatic carbocycles. The van der Waals surface area contributed by atoms with Crippen molar-refractivity contribution in [3.8, 4) is 0 Å². The molecule has 0 aliphatic heterocycles. The predicted octanol–water partition coefficient (Wildman–Crippen LogP) is 2.95. The van der Waals surface area contributed by atoms with E-state index >= 15 is 0 Å². The van der Waals surface area contributed by atoms with E-state index in [4.69, 9.17) is 0 Å². The van der Waals surface area contributed by atoms with Crippen LogP contribution in [0, 0.1) is 5.92 Å². The molecule has 1 aliphatic carbocycles. The molecule has 4 nitrogen and oxygen atoms in total. The number of rotatable bonds is 6. The number of amides is 2. The Kier molecular flexibility index (Phi) is 4.77. The summed E-state index contributed by atoms with van der Waals surface area (Å²) in [5.41, 5.74) is 1.13. The van der Waals surface area contributed by atoms with E-state index in [2.05, 4.69) is 17.6 Å². The lowest BCUT2D eigenvalue weighted by molar-refractivity contribution is -0.119. The van der Waals surface area contributed by atoms with Gasteiger partial charge in [0.25, 0.3) is 5.91 Å². The highest BCUT2D eigenvalue weighted by Gasteiger charge is 2.25. The second-order valence-electron chi connectivity index (χ2n) is 5.47. The number of anilines is 1. The van der Waals surface area contributed by atoms with Crippen molar-refractivity contribution in [2.24, 2.45) is 5.92 Å². The Labute approximate surface area is 119 Å². The van der Waals surface area contributed by atoms with Crippen molar-refractivity contribution in [1.29, 1.82) is 0 Å². The number of nitrogens with one attached hydrogen (secondary N) is 2. The smallest absolute Gasteiger partial charge is 0.253 e. The molecule has 0 spiro atoms. The summed E-state index contributed by atoms with van der Waals surface area (Å²) in [5.74, 6) is -0.176. The minimum absolute atomic E-state index is 0.0291. The fourth-order valence-corrected chi connectivity index (χ4v) is 2.10. The van der Waals surface area contributed by atoms with Crippen LogP contribution in [0.4, 0.5) is 5.69 Å². The zero-order valence-corrected chi connectivity index (χ0v) is 12.1. The Balaban J connectivity index is 2.06. The molecule has 0 heterocycles. The summed E-state index contributed by atoms with van der Waals surface area (Å²) in [6.45, 7) is 3.96. The van der Waals surface area contributed by atoms with Crippen molar-refractivity contribution in [2.45, 2.75) is 45.6 Å². The van der Waals surface area contributed by atoms with Gasteiger partial charge >= 0.3 is 0 Å². The van der Waals surface area contributed by atoms with Crippen molar-refractivity contribution in [2.75, 3.05) is 5.32 Å². The van der Waals surface area contributed by atoms with Gasteiger partial charge in [0.15, 0.2) is 0 Å². The van der Waals surface area contributed by atoms with Crippen LogP contribution in [0.5, 0.6) is 0 Å². The molecule has 0 saturated heterocycles. The lowest BCUT2D eigenvalue weighted by Crippen LogP contribution is -2.28. The molecule has 1 aliphatic rings. The SMILES string of the molecule is CCCC(C)C(=O)Nc1ccccc1C(=O)NC1CC1. The van der Waals surface area contributed by atoms with Gasteiger partial charge in [0, 0.05) is 12.0 Å². The average molecular weight is 274 g/mol. The second-order valence-corrected chi connectivity index (χ2v) is 5.47. The molecular formula is C16H22N2O2. The maximum atomic E-state index is 12.1. The summed E-state index contributed by atoms with van der Waals surface area (Å²) in [5, 5.41) is 5.82. The summed E-state index contributed by atoms with van der Waals surface area (Å²) >= 11 is 0. The Morgan fingerprint density at radius 1 is 1.30 bits per heavy atom. The summed E-state index contributed by atoms with van der Waals surface area (Å²) in [7, 11) is 0. The first-order chi connectivity index (χ1) is 9.61. The number of carbonyl (C=O) groups excluding carboxylic acids is 2. The van der Waals surface area contributed by atoms with Crippen LogP contribution in [0.15, 0.2) is 24.3 Å². The molecule has 1 aromatic rings. The van der Waals surface area contributed by atoms with Crippen LogP contribution < -0.4 is 10.6 Å². The van der Waals surface area contributed by atoms with Gasteiger partial charge in [-0.05, 0) is 31.4 Å². The van der Waals surface area contributed by atoms with Gasteiger partial charge in [-0.1, -0.05) is 32.4 Å². The van der Waals surface area contributed by atoms with Crippen molar-refractivity contribution in [1.82, 2.24) is 5.32 Å². The highest BCUT2D eigenvalue weighted by Crippen LogP contribution is 2.22. The molecule has 2 N–H and O–H groups in total. The lowest BCUT2D eigenvalue weighted by Gasteiger charge is -2.14. The van der Waals surface area contributed by atoms with Crippen LogP contribution in [0.3, 0.4) is 0 Å². The monoisotopic (exact) mass is 274 g/mol. The molecule has 2 amide bonds. The van der Waals surface area contributed by atoms with Crippen molar-refractivity contribution in [3.63, 3.8) is 0 Å². The minimum atomic E-state index is -0.105. The summed E-state index contributed by atoms with van der Waals surface area (Å²) in [6.07, 6.45) is 3.92. The van der Waals surface area contributed by atoms with E-state index in [0.29, 0.717) is 17.3 Å². The van der Waals surface area contributed by atoms with Crippen molar-refractivity contribution < 1.29 is 9.59 Å². The number of hydrogen-bond donors (Lipinski definition) is 2. The van der Waals surface area contributed by atoms with E-state index in [1.165, 1.54) is 0 Å². The van der Waals surface area contributed by atoms with E-state index in [-0.39, 0.29) is 17.7 Å². The van der Waals surface area contributed by atoms with E-state index in [9.17, 15) is 9.59 Å². The van der Waals surface area contributed by atoms with Crippen molar-refractivity contribution >= 4 is 17.5 Å². The second kappa shape index (κ2) is 6.55. The van der Waals surface area contributed by atoms with Gasteiger partial charge in [0.05, 0.1) is 11.3 Å². The maximum absolute atomic E-state index is 12.1. The average Bonchev–Trinajstić information content (AvgIpc) is 3.23. The first kappa shape index (κ1) is 14.6. The van der Waals surface area contributed by atoms with Gasteiger partial charge in [0.1, 0.15) is 0 Å². The lowest BCUT2D eigenvalue weighted by atomic mass is 10.0. The molecule has 0 bridgehead atoms. The quantitative estimate of drug-likeness (QED) is 0.838. The number of para-hydroxylation sites is 1. The fourth-order valence-electron chi connectivity index (χ4n) is 2.10. The number of carbonyl (C=O) groups is 2. The standard InChI is InChI=1S/C16H22N2O2/c1-3-6-11(2)15(19)18-14-8-5-4-7-13(14)16(20)17-12-9-10-12/h4-5,7-8,11-12H,3,6,9-10H2,1-2H3,(H,17,20)(H,18,19). The van der Waals surface area contributed by atoms with Gasteiger partial charge < -0.3 is 10.6 Å². The van der Waals surface area contributed by atoms with Crippen LogP contribution in [-0.2, 0) is 4.79 Å². The van der Waals surface area contributed by atoms with Crippen LogP contribution >= 0.6 is 0 Å². The zero-order chi connectivity index (χ0) is 14.5. The predicted molar refractivity (Wildman–Crippen MR) is 79.6 cm³/mol. The van der Waals surface area contributed by atoms with Crippen LogP contribution in [0.25, 0.3) is 0 Å². The number of hydrogen-bond acceptors (Lipinski definition) is 2. The van der Waals surface area contributed by atoms with Gasteiger partial charge in [-0.15, -0.1) is 0 Å². The molecule has 0 radical (unpaired) electrons. The molecular weight excluding hydrogens is 252 g/mol. The zero-order valence-electron chi connectivity index (χ0n) is 12.1. The molecule has 1 atom stereocenters. The van der Waals surface area contributed by atoms with Gasteiger partial charge in [0.2, 0.25) is 5.91 Å². The van der Waals surface area contributed by atoms with Crippen molar-refractivity contribution in [3.05, 3.63) is 29.8 Å². The summed E-state index contributed by atoms with van der Waals surface area (Å²) in [4.78, 5) is 24.2. The first-order valence-corrected chi connectivity index (χ1v) is 7.32. The molecule has 0 aromatic heterocycles. The normalized spacial score (nSPS) is 15.5. The fraction of sp³-hybridized carbons (Fsp3) is 0.500. The van der Waals surface area contributed by atoms with Gasteiger partial charge in [-0.3, -0.25) is 9.59 Å². The minimum Gasteiger partial charge on any atom is -0.349 e. The van der Waals surface area contributed by atoms with Crippen LogP contribution in [0.2, 0.25) is 0 Å². The third-order valence-electron chi connectivity index (χ3n) is 3.51. The van der Waals surface area contributed by atoms with Crippen LogP contribution in [0.1, 0.15) is 49.9 Å². The molecule has 2 rings (SSSR count). The molecule has 108 valence electrons. The largest absolute Gasteiger partial charge is 0.349 e. The van der Waals surface area contributed by atoms with Gasteiger partial charge in [-0.25, -0.2) is 0 Å². The van der Waals surface area contributed by atoms with E-state index in [1.807, 2.05) is 19.1 Å². The summed E-state index contributed by atoms with van der Waals surface area (Å²) < 4.78 is 0. The van der Waals surface area contributed by atoms with Crippen LogP contribution in [-0.4, -0.2) is 17.9 Å². The Hall–Kier alpha value is -1.84. The first-order valence-electron chi connectivity index (χ1n) is 7.32. The Morgan fingerprint density at radius 3 is 2.65 bits per heavy atom. The maximum Gasteiger partial charge on any atom is 0.253 e. The highest BCUT2D eigenvalue weighted by molar-refractivity contribution is 6.04. The van der Waals surface area contributed by atoms with E-state index in [0.717, 1.165) is 25.7 Å². The third-order valence-corrected chi connectivity index (χ3v) is 3.51. The molecule has 1 unspecified atom stereocenters. The summed E-state index contributed by atoms with van der Waals surface area (Å²) in [6, 6.07) is 7.47. The number of benzene rings is 1. The third kappa shape index (κ3) is 3.83. The molecule has 20 heavy (non-hydrogen) atoms. The molecule has 1 fully saturated rings. The van der Waals surface area contributed by atoms with E-state index in [1.54, 1.807) is 12.1 Å². The molecule has 1 saturated carbocycles. The van der Waals surface area contributed by atoms with Gasteiger partial charge in [-0.2, -0.15) is 0 Å². The van der Waals surface area contributed by atoms with E-state index < -0.39 is 0 Å². The Bertz CT molecular complexity index is 495. The highest BCUT2D eigenvalue weighted by atomic mass is 16.2.